The van der Waals surface area contributed by atoms with Crippen LogP contribution >= 0.6 is 0 Å². The van der Waals surface area contributed by atoms with Crippen molar-refractivity contribution in [2.75, 3.05) is 6.54 Å². The van der Waals surface area contributed by atoms with Crippen molar-refractivity contribution in [1.82, 2.24) is 0 Å². The molecule has 8 atom stereocenters. The number of nitrogens with two attached hydrogens (primary N) is 1. The van der Waals surface area contributed by atoms with Crippen LogP contribution in [0.2, 0.25) is 0 Å². The van der Waals surface area contributed by atoms with Gasteiger partial charge in [0.1, 0.15) is 0 Å². The van der Waals surface area contributed by atoms with Gasteiger partial charge in [-0.1, -0.05) is 32.8 Å². The Bertz CT molecular complexity index is 512. The predicted octanol–water partition coefficient (Wildman–Crippen LogP) is 6.58. The van der Waals surface area contributed by atoms with Crippen molar-refractivity contribution in [2.24, 2.45) is 52.1 Å². The fourth-order valence-corrected chi connectivity index (χ4v) is 9.19. The molecule has 4 saturated carbocycles. The molecule has 0 bridgehead atoms. The monoisotopic (exact) mass is 357 g/mol. The molecular weight excluding hydrogens is 314 g/mol. The lowest BCUT2D eigenvalue weighted by Crippen LogP contribution is -2.57. The number of hydrogen-bond donors (Lipinski definition) is 1. The summed E-state index contributed by atoms with van der Waals surface area (Å²) < 4.78 is 0. The lowest BCUT2D eigenvalue weighted by Gasteiger charge is -2.64. The molecule has 0 saturated heterocycles. The Labute approximate surface area is 162 Å². The number of allylic oxidation sites excluding steroid dienone is 1. The minimum atomic E-state index is 0.592. The first-order valence-corrected chi connectivity index (χ1v) is 11.9. The summed E-state index contributed by atoms with van der Waals surface area (Å²) >= 11 is 0. The number of rotatable bonds is 4. The maximum atomic E-state index is 6.31. The molecule has 4 rings (SSSR count). The zero-order valence-electron chi connectivity index (χ0n) is 17.5. The van der Waals surface area contributed by atoms with Gasteiger partial charge in [0.15, 0.2) is 0 Å². The van der Waals surface area contributed by atoms with Gasteiger partial charge in [-0.15, -0.1) is 6.58 Å². The van der Waals surface area contributed by atoms with Gasteiger partial charge in [0.25, 0.3) is 0 Å². The molecule has 4 aliphatic carbocycles. The van der Waals surface area contributed by atoms with Gasteiger partial charge in [-0.3, -0.25) is 0 Å². The highest BCUT2D eigenvalue weighted by atomic mass is 14.7. The van der Waals surface area contributed by atoms with Crippen molar-refractivity contribution in [1.29, 1.82) is 0 Å². The van der Waals surface area contributed by atoms with Gasteiger partial charge in [-0.25, -0.2) is 0 Å². The number of hydrogen-bond acceptors (Lipinski definition) is 1. The molecule has 3 unspecified atom stereocenters. The van der Waals surface area contributed by atoms with E-state index in [4.69, 9.17) is 5.73 Å². The molecule has 0 radical (unpaired) electrons. The lowest BCUT2D eigenvalue weighted by atomic mass is 9.41. The van der Waals surface area contributed by atoms with Crippen molar-refractivity contribution in [2.45, 2.75) is 90.9 Å². The summed E-state index contributed by atoms with van der Waals surface area (Å²) in [7, 11) is 0. The first kappa shape index (κ1) is 19.0. The maximum Gasteiger partial charge on any atom is -0.00435 e. The zero-order valence-corrected chi connectivity index (χ0v) is 17.5. The second kappa shape index (κ2) is 7.26. The summed E-state index contributed by atoms with van der Waals surface area (Å²) in [5, 5.41) is 0. The molecule has 0 aliphatic heterocycles. The highest BCUT2D eigenvalue weighted by Crippen LogP contribution is 2.67. The SMILES string of the molecule is C=CCC12CC[C@@H]3C(CC[C@@]4(CC)C3CCC[C@@H]4CN)[C@H]1CC[C@H](C)C2. The summed E-state index contributed by atoms with van der Waals surface area (Å²) in [4.78, 5) is 0. The van der Waals surface area contributed by atoms with Crippen LogP contribution in [0.15, 0.2) is 12.7 Å². The quantitative estimate of drug-likeness (QED) is 0.565. The molecule has 0 aromatic rings. The van der Waals surface area contributed by atoms with E-state index in [0.717, 1.165) is 42.1 Å². The van der Waals surface area contributed by atoms with Gasteiger partial charge >= 0.3 is 0 Å². The van der Waals surface area contributed by atoms with Crippen LogP contribution < -0.4 is 5.73 Å². The van der Waals surface area contributed by atoms with Crippen LogP contribution in [0.3, 0.4) is 0 Å². The van der Waals surface area contributed by atoms with E-state index < -0.39 is 0 Å². The average Bonchev–Trinajstić information content (AvgIpc) is 2.66. The zero-order chi connectivity index (χ0) is 18.4. The van der Waals surface area contributed by atoms with Crippen LogP contribution in [0.4, 0.5) is 0 Å². The van der Waals surface area contributed by atoms with Crippen LogP contribution in [0.25, 0.3) is 0 Å². The molecule has 0 spiro atoms. The minimum absolute atomic E-state index is 0.592. The van der Waals surface area contributed by atoms with Crippen LogP contribution in [-0.4, -0.2) is 6.54 Å². The normalized spacial score (nSPS) is 51.0. The van der Waals surface area contributed by atoms with Crippen molar-refractivity contribution in [3.63, 3.8) is 0 Å². The van der Waals surface area contributed by atoms with Gasteiger partial charge in [-0.05, 0) is 117 Å². The molecule has 26 heavy (non-hydrogen) atoms. The van der Waals surface area contributed by atoms with Crippen LogP contribution in [0.5, 0.6) is 0 Å². The fraction of sp³-hybridized carbons (Fsp3) is 0.920. The van der Waals surface area contributed by atoms with Crippen molar-refractivity contribution >= 4 is 0 Å². The third kappa shape index (κ3) is 2.75. The highest BCUT2D eigenvalue weighted by molar-refractivity contribution is 5.09. The molecule has 148 valence electrons. The van der Waals surface area contributed by atoms with Gasteiger partial charge in [-0.2, -0.15) is 0 Å². The summed E-state index contributed by atoms with van der Waals surface area (Å²) in [6.07, 6.45) is 19.7. The van der Waals surface area contributed by atoms with Crippen molar-refractivity contribution in [3.8, 4) is 0 Å². The maximum absolute atomic E-state index is 6.31. The van der Waals surface area contributed by atoms with Gasteiger partial charge in [0, 0.05) is 0 Å². The molecule has 4 fully saturated rings. The van der Waals surface area contributed by atoms with Crippen molar-refractivity contribution < 1.29 is 0 Å². The Morgan fingerprint density at radius 3 is 2.50 bits per heavy atom. The molecule has 0 heterocycles. The summed E-state index contributed by atoms with van der Waals surface area (Å²) in [6.45, 7) is 10.1. The second-order valence-electron chi connectivity index (χ2n) is 10.8. The van der Waals surface area contributed by atoms with Gasteiger partial charge in [0.2, 0.25) is 0 Å². The Morgan fingerprint density at radius 2 is 1.77 bits per heavy atom. The topological polar surface area (TPSA) is 26.0 Å². The lowest BCUT2D eigenvalue weighted by molar-refractivity contribution is -0.143. The molecule has 4 aliphatic rings. The van der Waals surface area contributed by atoms with E-state index in [1.54, 1.807) is 0 Å². The van der Waals surface area contributed by atoms with E-state index in [1.165, 1.54) is 77.0 Å². The first-order chi connectivity index (χ1) is 12.6. The molecule has 2 N–H and O–H groups in total. The summed E-state index contributed by atoms with van der Waals surface area (Å²) in [5.41, 5.74) is 7.51. The van der Waals surface area contributed by atoms with Gasteiger partial charge in [0.05, 0.1) is 0 Å². The molecule has 0 aromatic carbocycles. The molecule has 0 amide bonds. The second-order valence-corrected chi connectivity index (χ2v) is 10.8. The molecular formula is C25H43N. The van der Waals surface area contributed by atoms with Crippen LogP contribution in [0.1, 0.15) is 90.9 Å². The standard InChI is InChI=1S/C25H43N/c1-4-13-24-14-11-21-20(22(24)10-9-18(3)16-24)12-15-25(5-2)19(17-26)7-6-8-23(21)25/h4,18-23H,1,5-17,26H2,2-3H3/t18-,19+,20?,21+,22+,23?,24?,25+/m0/s1. The molecule has 0 aromatic heterocycles. The first-order valence-electron chi connectivity index (χ1n) is 11.9. The van der Waals surface area contributed by atoms with E-state index in [0.29, 0.717) is 10.8 Å². The van der Waals surface area contributed by atoms with Crippen LogP contribution in [-0.2, 0) is 0 Å². The summed E-state index contributed by atoms with van der Waals surface area (Å²) in [6, 6.07) is 0. The Balaban J connectivity index is 1.63. The van der Waals surface area contributed by atoms with E-state index in [2.05, 4.69) is 26.5 Å². The molecule has 1 nitrogen and oxygen atoms in total. The highest BCUT2D eigenvalue weighted by Gasteiger charge is 2.59. The van der Waals surface area contributed by atoms with E-state index in [-0.39, 0.29) is 0 Å². The third-order valence-corrected chi connectivity index (χ3v) is 10.1. The smallest absolute Gasteiger partial charge is 0.00435 e. The van der Waals surface area contributed by atoms with Crippen molar-refractivity contribution in [3.05, 3.63) is 12.7 Å². The third-order valence-electron chi connectivity index (χ3n) is 10.1. The molecule has 1 heteroatoms. The van der Waals surface area contributed by atoms with E-state index >= 15 is 0 Å². The van der Waals surface area contributed by atoms with Crippen LogP contribution in [0, 0.1) is 46.3 Å². The predicted molar refractivity (Wildman–Crippen MR) is 112 cm³/mol. The van der Waals surface area contributed by atoms with Gasteiger partial charge < -0.3 is 5.73 Å². The Hall–Kier alpha value is -0.300. The van der Waals surface area contributed by atoms with E-state index in [9.17, 15) is 0 Å². The minimum Gasteiger partial charge on any atom is -0.330 e. The average molecular weight is 358 g/mol. The van der Waals surface area contributed by atoms with E-state index in [1.807, 2.05) is 0 Å². The number of fused-ring (bicyclic) bond motifs is 5. The summed E-state index contributed by atoms with van der Waals surface area (Å²) in [5.74, 6) is 5.72. The largest absolute Gasteiger partial charge is 0.330 e. The Morgan fingerprint density at radius 1 is 1.00 bits per heavy atom. The fourth-order valence-electron chi connectivity index (χ4n) is 9.19. The Kier molecular flexibility index (Phi) is 5.32.